The van der Waals surface area contributed by atoms with E-state index in [1.54, 1.807) is 11.0 Å². The maximum atomic E-state index is 12.2. The highest BCUT2D eigenvalue weighted by atomic mass is 16.6. The Hall–Kier alpha value is -2.56. The lowest BCUT2D eigenvalue weighted by atomic mass is 9.88. The van der Waals surface area contributed by atoms with Gasteiger partial charge in [-0.1, -0.05) is 36.4 Å². The van der Waals surface area contributed by atoms with Crippen molar-refractivity contribution in [3.63, 3.8) is 0 Å². The zero-order chi connectivity index (χ0) is 16.7. The van der Waals surface area contributed by atoms with Crippen molar-refractivity contribution in [3.05, 3.63) is 60.2 Å². The minimum atomic E-state index is -0.992. The van der Waals surface area contributed by atoms with Crippen LogP contribution < -0.4 is 0 Å². The van der Waals surface area contributed by atoms with Crippen LogP contribution in [0.5, 0.6) is 0 Å². The number of carboxylic acids is 1. The smallest absolute Gasteiger partial charge is 0.410 e. The highest BCUT2D eigenvalue weighted by Crippen LogP contribution is 2.26. The second-order valence-electron chi connectivity index (χ2n) is 5.53. The summed E-state index contributed by atoms with van der Waals surface area (Å²) in [7, 11) is 0. The SMILES string of the molecule is C=CC[C@@H]1CCN(C(=O)OCc2ccccc2)CC1=CC(=O)O. The van der Waals surface area contributed by atoms with Gasteiger partial charge in [-0.2, -0.15) is 0 Å². The summed E-state index contributed by atoms with van der Waals surface area (Å²) < 4.78 is 5.31. The van der Waals surface area contributed by atoms with Gasteiger partial charge in [-0.3, -0.25) is 0 Å². The van der Waals surface area contributed by atoms with Crippen molar-refractivity contribution in [2.75, 3.05) is 13.1 Å². The number of hydrogen-bond donors (Lipinski definition) is 1. The normalized spacial score (nSPS) is 19.4. The quantitative estimate of drug-likeness (QED) is 0.669. The van der Waals surface area contributed by atoms with Crippen LogP contribution >= 0.6 is 0 Å². The van der Waals surface area contributed by atoms with Crippen molar-refractivity contribution in [3.8, 4) is 0 Å². The van der Waals surface area contributed by atoms with Gasteiger partial charge in [0.05, 0.1) is 0 Å². The van der Waals surface area contributed by atoms with E-state index in [9.17, 15) is 9.59 Å². The Morgan fingerprint density at radius 1 is 1.35 bits per heavy atom. The van der Waals surface area contributed by atoms with E-state index in [0.29, 0.717) is 25.9 Å². The van der Waals surface area contributed by atoms with E-state index in [0.717, 1.165) is 11.1 Å². The Labute approximate surface area is 135 Å². The molecule has 0 radical (unpaired) electrons. The number of aliphatic carboxylic acids is 1. The van der Waals surface area contributed by atoms with Gasteiger partial charge in [0.1, 0.15) is 6.61 Å². The minimum absolute atomic E-state index is 0.127. The van der Waals surface area contributed by atoms with Crippen LogP contribution in [0.15, 0.2) is 54.6 Å². The first-order chi connectivity index (χ1) is 11.1. The number of amides is 1. The van der Waals surface area contributed by atoms with Gasteiger partial charge in [-0.05, 0) is 29.9 Å². The Balaban J connectivity index is 1.96. The third-order valence-electron chi connectivity index (χ3n) is 3.87. The Bertz CT molecular complexity index is 594. The molecule has 1 aromatic carbocycles. The van der Waals surface area contributed by atoms with E-state index in [2.05, 4.69) is 6.58 Å². The number of piperidine rings is 1. The average Bonchev–Trinajstić information content (AvgIpc) is 2.55. The molecule has 5 nitrogen and oxygen atoms in total. The molecule has 0 bridgehead atoms. The predicted octanol–water partition coefficient (Wildman–Crippen LogP) is 3.23. The molecule has 2 rings (SSSR count). The molecule has 0 unspecified atom stereocenters. The molecule has 23 heavy (non-hydrogen) atoms. The van der Waals surface area contributed by atoms with Crippen molar-refractivity contribution >= 4 is 12.1 Å². The maximum Gasteiger partial charge on any atom is 0.410 e. The molecular formula is C18H21NO4. The molecule has 1 aliphatic heterocycles. The van der Waals surface area contributed by atoms with Gasteiger partial charge < -0.3 is 14.7 Å². The van der Waals surface area contributed by atoms with Crippen LogP contribution in [-0.4, -0.2) is 35.2 Å². The lowest BCUT2D eigenvalue weighted by Crippen LogP contribution is -2.40. The maximum absolute atomic E-state index is 12.2. The predicted molar refractivity (Wildman–Crippen MR) is 86.8 cm³/mol. The van der Waals surface area contributed by atoms with E-state index in [-0.39, 0.29) is 12.5 Å². The molecule has 1 atom stereocenters. The monoisotopic (exact) mass is 315 g/mol. The molecule has 0 aromatic heterocycles. The van der Waals surface area contributed by atoms with E-state index in [1.165, 1.54) is 6.08 Å². The zero-order valence-corrected chi connectivity index (χ0v) is 13.0. The number of allylic oxidation sites excluding steroid dienone is 1. The summed E-state index contributed by atoms with van der Waals surface area (Å²) in [5.74, 6) is -0.865. The van der Waals surface area contributed by atoms with Crippen molar-refractivity contribution in [1.82, 2.24) is 4.90 Å². The first kappa shape index (κ1) is 16.8. The van der Waals surface area contributed by atoms with Gasteiger partial charge >= 0.3 is 12.1 Å². The summed E-state index contributed by atoms with van der Waals surface area (Å²) in [4.78, 5) is 24.7. The molecule has 0 aliphatic carbocycles. The molecule has 1 N–H and O–H groups in total. The number of carbonyl (C=O) groups excluding carboxylic acids is 1. The second kappa shape index (κ2) is 8.17. The van der Waals surface area contributed by atoms with Crippen molar-refractivity contribution in [2.24, 2.45) is 5.92 Å². The van der Waals surface area contributed by atoms with E-state index < -0.39 is 12.1 Å². The largest absolute Gasteiger partial charge is 0.478 e. The summed E-state index contributed by atoms with van der Waals surface area (Å²) in [6, 6.07) is 9.45. The average molecular weight is 315 g/mol. The standard InChI is InChI=1S/C18H21NO4/c1-2-6-15-9-10-19(12-16(15)11-17(20)21)18(22)23-13-14-7-4-3-5-8-14/h2-5,7-8,11,15H,1,6,9-10,12-13H2,(H,20,21)/t15-/m1/s1. The van der Waals surface area contributed by atoms with Crippen LogP contribution in [0, 0.1) is 5.92 Å². The molecule has 1 heterocycles. The molecule has 0 spiro atoms. The number of rotatable bonds is 5. The van der Waals surface area contributed by atoms with Gasteiger partial charge in [0.25, 0.3) is 0 Å². The molecule has 1 aliphatic rings. The van der Waals surface area contributed by atoms with Gasteiger partial charge in [0.15, 0.2) is 0 Å². The Kier molecular flexibility index (Phi) is 5.97. The molecule has 1 fully saturated rings. The zero-order valence-electron chi connectivity index (χ0n) is 13.0. The topological polar surface area (TPSA) is 66.8 Å². The molecule has 122 valence electrons. The molecule has 1 aromatic rings. The first-order valence-corrected chi connectivity index (χ1v) is 7.60. The fourth-order valence-electron chi connectivity index (χ4n) is 2.68. The summed E-state index contributed by atoms with van der Waals surface area (Å²) in [6.45, 7) is 4.77. The third-order valence-corrected chi connectivity index (χ3v) is 3.87. The Morgan fingerprint density at radius 2 is 2.09 bits per heavy atom. The number of ether oxygens (including phenoxy) is 1. The summed E-state index contributed by atoms with van der Waals surface area (Å²) in [5.41, 5.74) is 1.66. The number of nitrogens with zero attached hydrogens (tertiary/aromatic N) is 1. The molecule has 1 amide bonds. The minimum Gasteiger partial charge on any atom is -0.478 e. The van der Waals surface area contributed by atoms with Crippen LogP contribution in [0.3, 0.4) is 0 Å². The lowest BCUT2D eigenvalue weighted by molar-refractivity contribution is -0.131. The summed E-state index contributed by atoms with van der Waals surface area (Å²) in [6.07, 6.45) is 3.99. The van der Waals surface area contributed by atoms with Crippen molar-refractivity contribution < 1.29 is 19.4 Å². The van der Waals surface area contributed by atoms with Gasteiger partial charge in [0, 0.05) is 19.2 Å². The second-order valence-corrected chi connectivity index (χ2v) is 5.53. The van der Waals surface area contributed by atoms with Crippen molar-refractivity contribution in [2.45, 2.75) is 19.4 Å². The van der Waals surface area contributed by atoms with Crippen LogP contribution in [0.4, 0.5) is 4.79 Å². The van der Waals surface area contributed by atoms with E-state index in [1.807, 2.05) is 30.3 Å². The molecule has 0 saturated carbocycles. The van der Waals surface area contributed by atoms with Crippen LogP contribution in [0.1, 0.15) is 18.4 Å². The lowest BCUT2D eigenvalue weighted by Gasteiger charge is -2.33. The van der Waals surface area contributed by atoms with Crippen molar-refractivity contribution in [1.29, 1.82) is 0 Å². The fourth-order valence-corrected chi connectivity index (χ4v) is 2.68. The van der Waals surface area contributed by atoms with E-state index >= 15 is 0 Å². The number of carboxylic acid groups (broad SMARTS) is 1. The first-order valence-electron chi connectivity index (χ1n) is 7.60. The van der Waals surface area contributed by atoms with Gasteiger partial charge in [-0.25, -0.2) is 9.59 Å². The highest BCUT2D eigenvalue weighted by molar-refractivity contribution is 5.81. The van der Waals surface area contributed by atoms with Crippen LogP contribution in [0.25, 0.3) is 0 Å². The van der Waals surface area contributed by atoms with Crippen LogP contribution in [0.2, 0.25) is 0 Å². The number of hydrogen-bond acceptors (Lipinski definition) is 3. The molecule has 1 saturated heterocycles. The fraction of sp³-hybridized carbons (Fsp3) is 0.333. The summed E-state index contributed by atoms with van der Waals surface area (Å²) >= 11 is 0. The molecular weight excluding hydrogens is 294 g/mol. The third kappa shape index (κ3) is 4.98. The number of likely N-dealkylation sites (tertiary alicyclic amines) is 1. The van der Waals surface area contributed by atoms with E-state index in [4.69, 9.17) is 9.84 Å². The van der Waals surface area contributed by atoms with Crippen LogP contribution in [-0.2, 0) is 16.1 Å². The highest BCUT2D eigenvalue weighted by Gasteiger charge is 2.27. The number of carbonyl (C=O) groups is 2. The van der Waals surface area contributed by atoms with Gasteiger partial charge in [0.2, 0.25) is 0 Å². The molecule has 5 heteroatoms. The summed E-state index contributed by atoms with van der Waals surface area (Å²) in [5, 5.41) is 8.99. The van der Waals surface area contributed by atoms with Gasteiger partial charge in [-0.15, -0.1) is 6.58 Å². The number of benzene rings is 1. The Morgan fingerprint density at radius 3 is 2.74 bits per heavy atom.